The highest BCUT2D eigenvalue weighted by molar-refractivity contribution is 5.81. The van der Waals surface area contributed by atoms with E-state index in [-0.39, 0.29) is 12.5 Å². The molecule has 17 heavy (non-hydrogen) atoms. The largest absolute Gasteiger partial charge is 0.399 e. The summed E-state index contributed by atoms with van der Waals surface area (Å²) in [5.74, 6) is -0.355. The smallest absolute Gasteiger partial charge is 0.241 e. The van der Waals surface area contributed by atoms with E-state index in [1.165, 1.54) is 12.1 Å². The number of hydrogen-bond acceptors (Lipinski definition) is 3. The summed E-state index contributed by atoms with van der Waals surface area (Å²) in [6.07, 6.45) is 2.14. The van der Waals surface area contributed by atoms with Crippen LogP contribution in [0, 0.1) is 5.82 Å². The predicted molar refractivity (Wildman–Crippen MR) is 65.1 cm³/mol. The van der Waals surface area contributed by atoms with E-state index in [1.54, 1.807) is 6.07 Å². The molecule has 0 unspecified atom stereocenters. The van der Waals surface area contributed by atoms with Gasteiger partial charge in [-0.15, -0.1) is 0 Å². The minimum absolute atomic E-state index is 0.0466. The lowest BCUT2D eigenvalue weighted by Gasteiger charge is -2.16. The zero-order valence-electron chi connectivity index (χ0n) is 9.58. The molecule has 1 aliphatic heterocycles. The maximum absolute atomic E-state index is 13.0. The number of benzene rings is 1. The number of amides is 1. The van der Waals surface area contributed by atoms with Crippen molar-refractivity contribution in [2.45, 2.75) is 12.8 Å². The number of nitrogen functional groups attached to an aromatic ring is 1. The van der Waals surface area contributed by atoms with Crippen molar-refractivity contribution >= 4 is 17.3 Å². The fourth-order valence-electron chi connectivity index (χ4n) is 1.97. The Hall–Kier alpha value is -1.78. The van der Waals surface area contributed by atoms with E-state index in [9.17, 15) is 9.18 Å². The van der Waals surface area contributed by atoms with E-state index in [2.05, 4.69) is 5.32 Å². The van der Waals surface area contributed by atoms with Crippen molar-refractivity contribution < 1.29 is 9.18 Å². The molecule has 0 bridgehead atoms. The molecule has 0 spiro atoms. The van der Waals surface area contributed by atoms with Gasteiger partial charge in [0, 0.05) is 24.5 Å². The summed E-state index contributed by atoms with van der Waals surface area (Å²) in [5.41, 5.74) is 6.40. The molecule has 0 saturated carbocycles. The van der Waals surface area contributed by atoms with Crippen LogP contribution in [0.5, 0.6) is 0 Å². The van der Waals surface area contributed by atoms with Gasteiger partial charge < -0.3 is 16.0 Å². The maximum atomic E-state index is 13.0. The van der Waals surface area contributed by atoms with Gasteiger partial charge in [-0.1, -0.05) is 0 Å². The molecule has 5 heteroatoms. The number of rotatable bonds is 3. The number of nitrogens with zero attached hydrogens (tertiary/aromatic N) is 1. The number of halogens is 1. The Morgan fingerprint density at radius 2 is 2.06 bits per heavy atom. The summed E-state index contributed by atoms with van der Waals surface area (Å²) in [4.78, 5) is 13.5. The van der Waals surface area contributed by atoms with Crippen molar-refractivity contribution in [2.75, 3.05) is 30.7 Å². The predicted octanol–water partition coefficient (Wildman–Crippen LogP) is 1.44. The second-order valence-corrected chi connectivity index (χ2v) is 4.21. The molecule has 0 aromatic heterocycles. The molecule has 3 N–H and O–H groups in total. The standard InChI is InChI=1S/C12H16FN3O/c13-9-5-10(14)7-11(6-9)15-8-12(17)16-3-1-2-4-16/h5-7,15H,1-4,8,14H2. The van der Waals surface area contributed by atoms with Gasteiger partial charge in [-0.3, -0.25) is 4.79 Å². The molecule has 0 atom stereocenters. The number of hydrogen-bond donors (Lipinski definition) is 2. The molecular weight excluding hydrogens is 221 g/mol. The van der Waals surface area contributed by atoms with Gasteiger partial charge in [-0.25, -0.2) is 4.39 Å². The van der Waals surface area contributed by atoms with Crippen LogP contribution < -0.4 is 11.1 Å². The monoisotopic (exact) mass is 237 g/mol. The first kappa shape index (κ1) is 11.7. The second-order valence-electron chi connectivity index (χ2n) is 4.21. The Bertz CT molecular complexity index is 396. The number of likely N-dealkylation sites (tertiary alicyclic amines) is 1. The number of nitrogens with two attached hydrogens (primary N) is 1. The van der Waals surface area contributed by atoms with E-state index in [1.807, 2.05) is 4.90 Å². The van der Waals surface area contributed by atoms with Crippen molar-refractivity contribution in [2.24, 2.45) is 0 Å². The van der Waals surface area contributed by atoms with Gasteiger partial charge in [-0.2, -0.15) is 0 Å². The molecule has 1 aromatic carbocycles. The summed E-state index contributed by atoms with van der Waals surface area (Å²) < 4.78 is 13.0. The molecule has 2 rings (SSSR count). The topological polar surface area (TPSA) is 58.4 Å². The highest BCUT2D eigenvalue weighted by Gasteiger charge is 2.17. The molecule has 92 valence electrons. The summed E-state index contributed by atoms with van der Waals surface area (Å²) >= 11 is 0. The number of nitrogens with one attached hydrogen (secondary N) is 1. The number of carbonyl (C=O) groups excluding carboxylic acids is 1. The molecule has 1 aromatic rings. The zero-order chi connectivity index (χ0) is 12.3. The second kappa shape index (κ2) is 5.03. The van der Waals surface area contributed by atoms with Crippen LogP contribution in [-0.2, 0) is 4.79 Å². The zero-order valence-corrected chi connectivity index (χ0v) is 9.58. The van der Waals surface area contributed by atoms with Crippen molar-refractivity contribution in [3.63, 3.8) is 0 Å². The quantitative estimate of drug-likeness (QED) is 0.782. The van der Waals surface area contributed by atoms with E-state index < -0.39 is 5.82 Å². The third-order valence-corrected chi connectivity index (χ3v) is 2.82. The Morgan fingerprint density at radius 1 is 1.35 bits per heavy atom. The van der Waals surface area contributed by atoms with Crippen molar-refractivity contribution in [1.29, 1.82) is 0 Å². The maximum Gasteiger partial charge on any atom is 0.241 e. The average molecular weight is 237 g/mol. The molecule has 0 radical (unpaired) electrons. The minimum atomic E-state index is -0.402. The normalized spacial score (nSPS) is 15.0. The molecule has 0 aliphatic carbocycles. The van der Waals surface area contributed by atoms with E-state index in [4.69, 9.17) is 5.73 Å². The molecule has 1 aliphatic rings. The van der Waals surface area contributed by atoms with Gasteiger partial charge in [0.2, 0.25) is 5.91 Å². The lowest BCUT2D eigenvalue weighted by atomic mass is 10.2. The van der Waals surface area contributed by atoms with Crippen molar-refractivity contribution in [1.82, 2.24) is 4.90 Å². The first-order valence-corrected chi connectivity index (χ1v) is 5.73. The minimum Gasteiger partial charge on any atom is -0.399 e. The van der Waals surface area contributed by atoms with Crippen molar-refractivity contribution in [3.05, 3.63) is 24.0 Å². The molecule has 1 fully saturated rings. The first-order chi connectivity index (χ1) is 8.15. The fourth-order valence-corrected chi connectivity index (χ4v) is 1.97. The number of carbonyl (C=O) groups is 1. The summed E-state index contributed by atoms with van der Waals surface area (Å²) in [5, 5.41) is 2.89. The van der Waals surface area contributed by atoms with Crippen LogP contribution >= 0.6 is 0 Å². The van der Waals surface area contributed by atoms with Crippen molar-refractivity contribution in [3.8, 4) is 0 Å². The third kappa shape index (κ3) is 3.09. The van der Waals surface area contributed by atoms with Gasteiger partial charge in [-0.05, 0) is 31.0 Å². The number of anilines is 2. The molecule has 4 nitrogen and oxygen atoms in total. The molecule has 1 heterocycles. The highest BCUT2D eigenvalue weighted by atomic mass is 19.1. The first-order valence-electron chi connectivity index (χ1n) is 5.73. The van der Waals surface area contributed by atoms with Crippen LogP contribution in [-0.4, -0.2) is 30.4 Å². The van der Waals surface area contributed by atoms with Gasteiger partial charge >= 0.3 is 0 Å². The van der Waals surface area contributed by atoms with Gasteiger partial charge in [0.05, 0.1) is 6.54 Å². The Morgan fingerprint density at radius 3 is 2.71 bits per heavy atom. The van der Waals surface area contributed by atoms with Crippen LogP contribution in [0.2, 0.25) is 0 Å². The van der Waals surface area contributed by atoms with E-state index in [0.717, 1.165) is 25.9 Å². The highest BCUT2D eigenvalue weighted by Crippen LogP contribution is 2.15. The van der Waals surface area contributed by atoms with Gasteiger partial charge in [0.15, 0.2) is 0 Å². The summed E-state index contributed by atoms with van der Waals surface area (Å²) in [7, 11) is 0. The Labute approximate surface area is 99.6 Å². The lowest BCUT2D eigenvalue weighted by Crippen LogP contribution is -2.32. The van der Waals surface area contributed by atoms with Crippen LogP contribution in [0.15, 0.2) is 18.2 Å². The summed E-state index contributed by atoms with van der Waals surface area (Å²) in [6, 6.07) is 4.18. The van der Waals surface area contributed by atoms with E-state index in [0.29, 0.717) is 11.4 Å². The SMILES string of the molecule is Nc1cc(F)cc(NCC(=O)N2CCCC2)c1. The van der Waals surface area contributed by atoms with Crippen LogP contribution in [0.3, 0.4) is 0 Å². The van der Waals surface area contributed by atoms with E-state index >= 15 is 0 Å². The Balaban J connectivity index is 1.90. The van der Waals surface area contributed by atoms with Crippen LogP contribution in [0.4, 0.5) is 15.8 Å². The van der Waals surface area contributed by atoms with Crippen LogP contribution in [0.25, 0.3) is 0 Å². The van der Waals surface area contributed by atoms with Gasteiger partial charge in [0.1, 0.15) is 5.82 Å². The molecular formula is C12H16FN3O. The average Bonchev–Trinajstić information content (AvgIpc) is 2.78. The lowest BCUT2D eigenvalue weighted by molar-refractivity contribution is -0.128. The Kier molecular flexibility index (Phi) is 3.46. The molecule has 1 saturated heterocycles. The van der Waals surface area contributed by atoms with Gasteiger partial charge in [0.25, 0.3) is 0 Å². The third-order valence-electron chi connectivity index (χ3n) is 2.82. The summed E-state index contributed by atoms with van der Waals surface area (Å²) in [6.45, 7) is 1.83. The fraction of sp³-hybridized carbons (Fsp3) is 0.417. The van der Waals surface area contributed by atoms with Crippen LogP contribution in [0.1, 0.15) is 12.8 Å². The molecule has 1 amide bonds.